The van der Waals surface area contributed by atoms with Gasteiger partial charge in [0.1, 0.15) is 5.54 Å². The van der Waals surface area contributed by atoms with Crippen molar-refractivity contribution >= 4 is 17.8 Å². The van der Waals surface area contributed by atoms with Crippen molar-refractivity contribution in [2.75, 3.05) is 19.8 Å². The largest absolute Gasteiger partial charge is 0.456 e. The van der Waals surface area contributed by atoms with Crippen LogP contribution in [0.5, 0.6) is 0 Å². The van der Waals surface area contributed by atoms with E-state index in [4.69, 9.17) is 10.5 Å². The molecule has 41 heavy (non-hydrogen) atoms. The summed E-state index contributed by atoms with van der Waals surface area (Å²) in [6.07, 6.45) is -11.1. The average Bonchev–Trinajstić information content (AvgIpc) is 2.90. The lowest BCUT2D eigenvalue weighted by Gasteiger charge is -2.46. The Hall–Kier alpha value is -3.65. The third-order valence-electron chi connectivity index (χ3n) is 6.95. The van der Waals surface area contributed by atoms with E-state index in [2.05, 4.69) is 15.4 Å². The van der Waals surface area contributed by atoms with Crippen LogP contribution in [-0.2, 0) is 41.7 Å². The van der Waals surface area contributed by atoms with Crippen LogP contribution in [0, 0.1) is 0 Å². The lowest BCUT2D eigenvalue weighted by Crippen LogP contribution is -2.69. The summed E-state index contributed by atoms with van der Waals surface area (Å²) in [5.74, 6) is -2.32. The molecule has 1 aliphatic heterocycles. The first kappa shape index (κ1) is 31.9. The van der Waals surface area contributed by atoms with Crippen LogP contribution < -0.4 is 16.4 Å². The number of benzene rings is 2. The van der Waals surface area contributed by atoms with Crippen LogP contribution in [0.2, 0.25) is 0 Å². The zero-order valence-corrected chi connectivity index (χ0v) is 22.1. The first-order valence-electron chi connectivity index (χ1n) is 12.4. The van der Waals surface area contributed by atoms with Crippen LogP contribution in [0.4, 0.5) is 26.3 Å². The number of ether oxygens (including phenoxy) is 2. The molecule has 4 N–H and O–H groups in total. The maximum atomic E-state index is 13.4. The molecule has 14 heteroatoms. The van der Waals surface area contributed by atoms with Gasteiger partial charge in [0.15, 0.2) is 6.61 Å². The van der Waals surface area contributed by atoms with E-state index in [0.29, 0.717) is 17.7 Å². The van der Waals surface area contributed by atoms with E-state index in [1.165, 1.54) is 6.92 Å². The minimum atomic E-state index is -5.01. The molecule has 2 amide bonds. The molecule has 0 aliphatic carbocycles. The molecule has 1 heterocycles. The minimum absolute atomic E-state index is 0.00440. The van der Waals surface area contributed by atoms with E-state index in [1.54, 1.807) is 30.3 Å². The Labute approximate surface area is 231 Å². The fourth-order valence-electron chi connectivity index (χ4n) is 4.56. The van der Waals surface area contributed by atoms with Gasteiger partial charge < -0.3 is 25.8 Å². The summed E-state index contributed by atoms with van der Waals surface area (Å²) in [5, 5.41) is 5.66. The molecule has 8 nitrogen and oxygen atoms in total. The van der Waals surface area contributed by atoms with Crippen molar-refractivity contribution < 1.29 is 50.2 Å². The number of alkyl halides is 6. The Kier molecular flexibility index (Phi) is 9.38. The van der Waals surface area contributed by atoms with Gasteiger partial charge in [-0.05, 0) is 49.1 Å². The zero-order chi connectivity index (χ0) is 30.6. The van der Waals surface area contributed by atoms with Crippen molar-refractivity contribution in [2.24, 2.45) is 5.73 Å². The van der Waals surface area contributed by atoms with E-state index < -0.39 is 65.1 Å². The number of halogens is 6. The summed E-state index contributed by atoms with van der Waals surface area (Å²) in [5.41, 5.74) is 0.423. The quantitative estimate of drug-likeness (QED) is 0.301. The minimum Gasteiger partial charge on any atom is -0.456 e. The van der Waals surface area contributed by atoms with Gasteiger partial charge in [-0.15, -0.1) is 0 Å². The van der Waals surface area contributed by atoms with Gasteiger partial charge in [-0.1, -0.05) is 30.3 Å². The Bertz CT molecular complexity index is 1230. The summed E-state index contributed by atoms with van der Waals surface area (Å²) in [6, 6.07) is 9.94. The van der Waals surface area contributed by atoms with Crippen molar-refractivity contribution in [2.45, 2.75) is 56.2 Å². The van der Waals surface area contributed by atoms with Crippen LogP contribution in [0.25, 0.3) is 0 Å². The van der Waals surface area contributed by atoms with E-state index in [1.807, 2.05) is 0 Å². The van der Waals surface area contributed by atoms with Crippen LogP contribution >= 0.6 is 0 Å². The first-order chi connectivity index (χ1) is 19.0. The number of nitrogens with two attached hydrogens (primary N) is 1. The fraction of sp³-hybridized carbons (Fsp3) is 0.444. The van der Waals surface area contributed by atoms with Crippen molar-refractivity contribution in [1.29, 1.82) is 0 Å². The van der Waals surface area contributed by atoms with Gasteiger partial charge in [-0.25, -0.2) is 0 Å². The van der Waals surface area contributed by atoms with E-state index >= 15 is 0 Å². The molecule has 1 fully saturated rings. The molecule has 0 spiro atoms. The normalized spacial score (nSPS) is 22.0. The summed E-state index contributed by atoms with van der Waals surface area (Å²) in [6.45, 7) is 1.40. The lowest BCUT2D eigenvalue weighted by molar-refractivity contribution is -0.148. The van der Waals surface area contributed by atoms with Gasteiger partial charge in [-0.3, -0.25) is 14.4 Å². The number of piperidine rings is 1. The average molecular weight is 590 g/mol. The molecule has 1 aliphatic rings. The highest BCUT2D eigenvalue weighted by atomic mass is 19.4. The number of nitrogens with one attached hydrogen (secondary N) is 2. The number of carbonyl (C=O) groups excluding carboxylic acids is 3. The molecule has 2 aromatic rings. The summed E-state index contributed by atoms with van der Waals surface area (Å²) < 4.78 is 90.7. The van der Waals surface area contributed by atoms with Gasteiger partial charge in [-0.2, -0.15) is 26.3 Å². The Morgan fingerprint density at radius 1 is 1.00 bits per heavy atom. The Morgan fingerprint density at radius 3 is 2.05 bits per heavy atom. The predicted octanol–water partition coefficient (Wildman–Crippen LogP) is 3.98. The van der Waals surface area contributed by atoms with E-state index in [0.717, 1.165) is 6.92 Å². The molecule has 0 saturated carbocycles. The number of primary amides is 1. The second-order valence-corrected chi connectivity index (χ2v) is 9.87. The third kappa shape index (κ3) is 7.76. The van der Waals surface area contributed by atoms with Crippen LogP contribution in [-0.4, -0.2) is 43.1 Å². The molecule has 2 aromatic carbocycles. The van der Waals surface area contributed by atoms with Crippen molar-refractivity contribution in [3.63, 3.8) is 0 Å². The molecule has 3 atom stereocenters. The summed E-state index contributed by atoms with van der Waals surface area (Å²) >= 11 is 0. The zero-order valence-electron chi connectivity index (χ0n) is 22.1. The van der Waals surface area contributed by atoms with Crippen molar-refractivity contribution in [3.05, 3.63) is 70.8 Å². The monoisotopic (exact) mass is 589 g/mol. The van der Waals surface area contributed by atoms with Gasteiger partial charge in [0.05, 0.1) is 29.4 Å². The topological polar surface area (TPSA) is 120 Å². The molecule has 0 radical (unpaired) electrons. The smallest absolute Gasteiger partial charge is 0.416 e. The summed E-state index contributed by atoms with van der Waals surface area (Å²) in [7, 11) is 0. The molecule has 3 rings (SSSR count). The molecule has 0 bridgehead atoms. The van der Waals surface area contributed by atoms with Gasteiger partial charge in [0.25, 0.3) is 5.91 Å². The second kappa shape index (κ2) is 12.1. The molecule has 0 aromatic heterocycles. The molecular weight excluding hydrogens is 560 g/mol. The highest BCUT2D eigenvalue weighted by molar-refractivity contribution is 5.91. The predicted molar refractivity (Wildman–Crippen MR) is 133 cm³/mol. The van der Waals surface area contributed by atoms with Gasteiger partial charge >= 0.3 is 18.3 Å². The number of hydrogen-bond donors (Lipinski definition) is 3. The van der Waals surface area contributed by atoms with Crippen LogP contribution in [0.3, 0.4) is 0 Å². The van der Waals surface area contributed by atoms with Crippen molar-refractivity contribution in [1.82, 2.24) is 10.6 Å². The maximum Gasteiger partial charge on any atom is 0.416 e. The second-order valence-electron chi connectivity index (χ2n) is 9.87. The number of carbonyl (C=O) groups is 3. The van der Waals surface area contributed by atoms with Crippen LogP contribution in [0.15, 0.2) is 48.5 Å². The number of amides is 2. The maximum absolute atomic E-state index is 13.4. The van der Waals surface area contributed by atoms with Gasteiger partial charge in [0.2, 0.25) is 5.91 Å². The molecule has 224 valence electrons. The Morgan fingerprint density at radius 2 is 1.59 bits per heavy atom. The molecule has 1 saturated heterocycles. The number of hydrogen-bond acceptors (Lipinski definition) is 6. The molecule has 0 unspecified atom stereocenters. The lowest BCUT2D eigenvalue weighted by atomic mass is 9.76. The highest BCUT2D eigenvalue weighted by Gasteiger charge is 2.48. The third-order valence-corrected chi connectivity index (χ3v) is 6.95. The van der Waals surface area contributed by atoms with Gasteiger partial charge in [0, 0.05) is 13.5 Å². The summed E-state index contributed by atoms with van der Waals surface area (Å²) in [4.78, 5) is 35.8. The molecular formula is C27H29F6N3O5. The highest BCUT2D eigenvalue weighted by Crippen LogP contribution is 2.39. The van der Waals surface area contributed by atoms with E-state index in [-0.39, 0.29) is 37.6 Å². The fourth-order valence-corrected chi connectivity index (χ4v) is 4.56. The number of esters is 1. The number of rotatable bonds is 9. The van der Waals surface area contributed by atoms with E-state index in [9.17, 15) is 40.7 Å². The first-order valence-corrected chi connectivity index (χ1v) is 12.4. The van der Waals surface area contributed by atoms with Crippen molar-refractivity contribution in [3.8, 4) is 0 Å². The van der Waals surface area contributed by atoms with Crippen LogP contribution in [0.1, 0.15) is 55.0 Å². The SMILES string of the molecule is CC(=O)OCC(=O)N[C@@]1(C(N)=O)CC[C@@](CO[C@H](C)c2cc(C(F)(F)F)cc(C(F)(F)F)c2)(c2ccccc2)NC1. The standard InChI is InChI=1S/C27H29F6N3O5/c1-16(18-10-20(26(28,29)30)12-21(11-18)27(31,32)33)41-15-25(19-6-4-3-5-7-19)9-8-24(14-35-25,23(34)39)36-22(38)13-40-17(2)37/h3-7,10-12,16,35H,8-9,13-15H2,1-2H3,(H2,34,39)(H,36,38)/t16-,24+,25-/m1/s1. The Balaban J connectivity index is 1.87.